The molecule has 4 heteroatoms. The van der Waals surface area contributed by atoms with Crippen LogP contribution in [0, 0.1) is 6.92 Å². The summed E-state index contributed by atoms with van der Waals surface area (Å²) >= 11 is 2.04. The van der Waals surface area contributed by atoms with E-state index in [9.17, 15) is 0 Å². The number of thiophene rings is 1. The van der Waals surface area contributed by atoms with Crippen LogP contribution in [0.3, 0.4) is 0 Å². The monoisotopic (exact) mass is 698 g/mol. The molecular formula is C48H51BN2S. The highest BCUT2D eigenvalue weighted by Crippen LogP contribution is 2.53. The topological polar surface area (TPSA) is 6.48 Å². The Kier molecular flexibility index (Phi) is 7.33. The van der Waals surface area contributed by atoms with Crippen molar-refractivity contribution in [2.45, 2.75) is 104 Å². The van der Waals surface area contributed by atoms with E-state index in [2.05, 4.69) is 176 Å². The van der Waals surface area contributed by atoms with E-state index in [0.29, 0.717) is 5.92 Å². The van der Waals surface area contributed by atoms with Gasteiger partial charge < -0.3 is 9.80 Å². The fraction of sp³-hybridized carbons (Fsp3) is 0.333. The summed E-state index contributed by atoms with van der Waals surface area (Å²) < 4.78 is 2.86. The van der Waals surface area contributed by atoms with Crippen LogP contribution in [-0.4, -0.2) is 6.71 Å². The number of hydrogen-bond donors (Lipinski definition) is 0. The molecule has 9 rings (SSSR count). The predicted octanol–water partition coefficient (Wildman–Crippen LogP) is 12.1. The van der Waals surface area contributed by atoms with E-state index < -0.39 is 0 Å². The van der Waals surface area contributed by atoms with Crippen LogP contribution in [0.2, 0.25) is 0 Å². The Labute approximate surface area is 315 Å². The molecule has 262 valence electrons. The minimum absolute atomic E-state index is 0.0249. The van der Waals surface area contributed by atoms with Crippen molar-refractivity contribution in [3.8, 4) is 0 Å². The van der Waals surface area contributed by atoms with Gasteiger partial charge in [0.1, 0.15) is 0 Å². The van der Waals surface area contributed by atoms with Gasteiger partial charge in [0, 0.05) is 43.3 Å². The van der Waals surface area contributed by atoms with Crippen molar-refractivity contribution in [1.29, 1.82) is 0 Å². The maximum Gasteiger partial charge on any atom is 0.264 e. The van der Waals surface area contributed by atoms with Gasteiger partial charge in [-0.25, -0.2) is 0 Å². The first-order chi connectivity index (χ1) is 24.7. The van der Waals surface area contributed by atoms with Crippen LogP contribution >= 0.6 is 11.3 Å². The zero-order valence-corrected chi connectivity index (χ0v) is 33.4. The fourth-order valence-corrected chi connectivity index (χ4v) is 10.6. The zero-order chi connectivity index (χ0) is 36.5. The molecule has 0 fully saturated rings. The first-order valence-corrected chi connectivity index (χ1v) is 20.1. The third-order valence-corrected chi connectivity index (χ3v) is 13.8. The predicted molar refractivity (Wildman–Crippen MR) is 229 cm³/mol. The maximum atomic E-state index is 2.64. The van der Waals surface area contributed by atoms with E-state index >= 15 is 0 Å². The van der Waals surface area contributed by atoms with Crippen LogP contribution in [0.5, 0.6) is 0 Å². The van der Waals surface area contributed by atoms with Gasteiger partial charge in [-0.1, -0.05) is 111 Å². The lowest BCUT2D eigenvalue weighted by Crippen LogP contribution is -2.60. The van der Waals surface area contributed by atoms with Gasteiger partial charge in [0.05, 0.1) is 5.69 Å². The number of nitrogens with zero attached hydrogens (tertiary/aromatic N) is 2. The lowest BCUT2D eigenvalue weighted by Gasteiger charge is -2.44. The number of benzene rings is 5. The Morgan fingerprint density at radius 2 is 1.33 bits per heavy atom. The SMILES string of the molecule is Cc1ccccc1N1c2ccc(C(C)(C)C)cc2B2c3sc4cc5c(cc4c3N(c3ccccc3)c3cc(C(C)C)cc1c32)C(C)(C)CCC5(C)C. The zero-order valence-electron chi connectivity index (χ0n) is 32.6. The summed E-state index contributed by atoms with van der Waals surface area (Å²) in [6.45, 7) is 23.9. The van der Waals surface area contributed by atoms with Crippen molar-refractivity contribution in [3.05, 3.63) is 125 Å². The molecule has 0 bridgehead atoms. The smallest absolute Gasteiger partial charge is 0.264 e. The third-order valence-electron chi connectivity index (χ3n) is 12.6. The number of rotatable bonds is 3. The second kappa shape index (κ2) is 11.4. The van der Waals surface area contributed by atoms with Gasteiger partial charge in [-0.3, -0.25) is 0 Å². The molecule has 3 heterocycles. The molecule has 0 amide bonds. The molecule has 0 radical (unpaired) electrons. The van der Waals surface area contributed by atoms with E-state index in [1.165, 1.54) is 101 Å². The van der Waals surface area contributed by atoms with Crippen LogP contribution in [0.1, 0.15) is 109 Å². The quantitative estimate of drug-likeness (QED) is 0.170. The first kappa shape index (κ1) is 33.6. The van der Waals surface area contributed by atoms with Gasteiger partial charge in [0.25, 0.3) is 6.71 Å². The number of hydrogen-bond acceptors (Lipinski definition) is 3. The molecule has 1 aliphatic carbocycles. The Hall–Kier alpha value is -4.28. The van der Waals surface area contributed by atoms with Gasteiger partial charge >= 0.3 is 0 Å². The van der Waals surface area contributed by atoms with E-state index in [1.54, 1.807) is 0 Å². The highest BCUT2D eigenvalue weighted by Gasteiger charge is 2.47. The normalized spacial score (nSPS) is 16.9. The van der Waals surface area contributed by atoms with Gasteiger partial charge in [-0.05, 0) is 129 Å². The van der Waals surface area contributed by atoms with Crippen LogP contribution in [-0.2, 0) is 16.2 Å². The molecule has 6 aromatic rings. The van der Waals surface area contributed by atoms with Crippen molar-refractivity contribution >= 4 is 78.0 Å². The minimum atomic E-state index is 0.0249. The molecular weight excluding hydrogens is 647 g/mol. The molecule has 0 saturated heterocycles. The Morgan fingerprint density at radius 3 is 1.98 bits per heavy atom. The van der Waals surface area contributed by atoms with Crippen LogP contribution in [0.25, 0.3) is 10.1 Å². The molecule has 0 N–H and O–H groups in total. The van der Waals surface area contributed by atoms with Gasteiger partial charge in [0.15, 0.2) is 0 Å². The standard InChI is InChI=1S/C48H51BN2S/c1-29(2)31-24-40-43-41(25-31)51(38-19-15-14-16-30(38)3)39-21-20-32(46(4,5)6)26-37(39)49(43)45-44(50(40)33-17-12-11-13-18-33)34-27-35-36(28-42(34)52-45)48(9,10)23-22-47(35,7)8/h11-21,24-29H,22-23H2,1-10H3. The van der Waals surface area contributed by atoms with E-state index in [0.717, 1.165) is 0 Å². The second-order valence-electron chi connectivity index (χ2n) is 18.4. The molecule has 1 aromatic heterocycles. The molecule has 52 heavy (non-hydrogen) atoms. The van der Waals surface area contributed by atoms with Crippen molar-refractivity contribution in [1.82, 2.24) is 0 Å². The lowest BCUT2D eigenvalue weighted by molar-refractivity contribution is 0.332. The molecule has 0 spiro atoms. The van der Waals surface area contributed by atoms with Crippen molar-refractivity contribution in [2.24, 2.45) is 0 Å². The van der Waals surface area contributed by atoms with E-state index in [-0.39, 0.29) is 23.0 Å². The summed E-state index contributed by atoms with van der Waals surface area (Å²) in [5.74, 6) is 0.372. The molecule has 0 saturated carbocycles. The van der Waals surface area contributed by atoms with Gasteiger partial charge in [-0.2, -0.15) is 0 Å². The first-order valence-electron chi connectivity index (χ1n) is 19.3. The largest absolute Gasteiger partial charge is 0.311 e. The van der Waals surface area contributed by atoms with Crippen LogP contribution < -0.4 is 25.5 Å². The average Bonchev–Trinajstić information content (AvgIpc) is 3.48. The Morgan fingerprint density at radius 1 is 0.692 bits per heavy atom. The number of fused-ring (bicyclic) bond motifs is 7. The number of para-hydroxylation sites is 2. The highest BCUT2D eigenvalue weighted by molar-refractivity contribution is 7.33. The molecule has 2 nitrogen and oxygen atoms in total. The summed E-state index contributed by atoms with van der Waals surface area (Å²) in [7, 11) is 0. The third kappa shape index (κ3) is 4.89. The van der Waals surface area contributed by atoms with Crippen molar-refractivity contribution in [3.63, 3.8) is 0 Å². The van der Waals surface area contributed by atoms with Crippen molar-refractivity contribution < 1.29 is 0 Å². The molecule has 0 atom stereocenters. The van der Waals surface area contributed by atoms with Crippen LogP contribution in [0.15, 0.2) is 97.1 Å². The molecule has 2 aliphatic heterocycles. The molecule has 3 aliphatic rings. The molecule has 5 aromatic carbocycles. The summed E-state index contributed by atoms with van der Waals surface area (Å²) in [4.78, 5) is 5.22. The number of anilines is 6. The summed E-state index contributed by atoms with van der Waals surface area (Å²) in [5.41, 5.74) is 18.0. The van der Waals surface area contributed by atoms with Gasteiger partial charge in [-0.15, -0.1) is 11.3 Å². The highest BCUT2D eigenvalue weighted by atomic mass is 32.1. The lowest BCUT2D eigenvalue weighted by atomic mass is 9.36. The maximum absolute atomic E-state index is 2.64. The van der Waals surface area contributed by atoms with Crippen LogP contribution in [0.4, 0.5) is 34.1 Å². The minimum Gasteiger partial charge on any atom is -0.311 e. The van der Waals surface area contributed by atoms with Gasteiger partial charge in [0.2, 0.25) is 0 Å². The van der Waals surface area contributed by atoms with Crippen molar-refractivity contribution in [2.75, 3.05) is 9.80 Å². The fourth-order valence-electron chi connectivity index (χ4n) is 9.29. The summed E-state index contributed by atoms with van der Waals surface area (Å²) in [6.07, 6.45) is 2.42. The Balaban J connectivity index is 1.45. The Bertz CT molecular complexity index is 2410. The number of aryl methyl sites for hydroxylation is 1. The van der Waals surface area contributed by atoms with E-state index in [1.807, 2.05) is 11.3 Å². The summed E-state index contributed by atoms with van der Waals surface area (Å²) in [5, 5.41) is 1.39. The molecule has 0 unspecified atom stereocenters. The second-order valence-corrected chi connectivity index (χ2v) is 19.4. The summed E-state index contributed by atoms with van der Waals surface area (Å²) in [6, 6.07) is 37.7. The average molecular weight is 699 g/mol. The van der Waals surface area contributed by atoms with E-state index in [4.69, 9.17) is 0 Å².